The Balaban J connectivity index is 2.13. The van der Waals surface area contributed by atoms with Gasteiger partial charge in [0.15, 0.2) is 0 Å². The van der Waals surface area contributed by atoms with E-state index in [1.807, 2.05) is 19.9 Å². The number of carbonyl (C=O) groups is 1. The molecule has 0 bridgehead atoms. The average Bonchev–Trinajstić information content (AvgIpc) is 2.52. The third kappa shape index (κ3) is 4.77. The van der Waals surface area contributed by atoms with Crippen LogP contribution in [-0.4, -0.2) is 42.7 Å². The molecule has 0 N–H and O–H groups in total. The Kier molecular flexibility index (Phi) is 5.88. The lowest BCUT2D eigenvalue weighted by atomic mass is 10.1. The molecule has 1 saturated heterocycles. The highest BCUT2D eigenvalue weighted by Gasteiger charge is 2.27. The zero-order valence-electron chi connectivity index (χ0n) is 13.4. The largest absolute Gasteiger partial charge is 0.435 e. The highest BCUT2D eigenvalue weighted by Crippen LogP contribution is 2.18. The maximum atomic E-state index is 12.5. The number of benzene rings is 1. The molecule has 1 aromatic rings. The van der Waals surface area contributed by atoms with Crippen molar-refractivity contribution in [3.63, 3.8) is 0 Å². The molecule has 0 saturated carbocycles. The standard InChI is InChI=1S/C17H18F2N2O3/c1-11-9-21(10-12(2)23-11)16(22)14(8-20)7-13-3-5-15(6-4-13)24-17(18)19/h3-7,11-12,17H,9-10H2,1-2H3/b14-7+. The molecule has 2 unspecified atom stereocenters. The molecule has 0 radical (unpaired) electrons. The lowest BCUT2D eigenvalue weighted by Gasteiger charge is -2.35. The number of nitrogens with zero attached hydrogens (tertiary/aromatic N) is 2. The first-order valence-corrected chi connectivity index (χ1v) is 7.50. The summed E-state index contributed by atoms with van der Waals surface area (Å²) < 4.78 is 34.1. The average molecular weight is 336 g/mol. The summed E-state index contributed by atoms with van der Waals surface area (Å²) in [5.74, 6) is -0.352. The van der Waals surface area contributed by atoms with Gasteiger partial charge in [0.1, 0.15) is 17.4 Å². The minimum atomic E-state index is -2.90. The molecule has 0 aromatic heterocycles. The van der Waals surface area contributed by atoms with Gasteiger partial charge in [-0.25, -0.2) is 0 Å². The smallest absolute Gasteiger partial charge is 0.387 e. The molecule has 0 spiro atoms. The van der Waals surface area contributed by atoms with E-state index in [9.17, 15) is 18.8 Å². The fraction of sp³-hybridized carbons (Fsp3) is 0.412. The molecule has 7 heteroatoms. The lowest BCUT2D eigenvalue weighted by Crippen LogP contribution is -2.48. The van der Waals surface area contributed by atoms with Crippen molar-refractivity contribution in [3.8, 4) is 11.8 Å². The number of alkyl halides is 2. The van der Waals surface area contributed by atoms with E-state index in [0.717, 1.165) is 0 Å². The molecule has 2 atom stereocenters. The number of amides is 1. The molecule has 1 aromatic carbocycles. The van der Waals surface area contributed by atoms with Gasteiger partial charge >= 0.3 is 6.61 Å². The van der Waals surface area contributed by atoms with Crippen LogP contribution in [0.4, 0.5) is 8.78 Å². The summed E-state index contributed by atoms with van der Waals surface area (Å²) in [7, 11) is 0. The van der Waals surface area contributed by atoms with Crippen LogP contribution in [0.1, 0.15) is 19.4 Å². The molecule has 1 aliphatic heterocycles. The molecular formula is C17H18F2N2O3. The topological polar surface area (TPSA) is 62.6 Å². The van der Waals surface area contributed by atoms with Gasteiger partial charge < -0.3 is 14.4 Å². The first-order valence-electron chi connectivity index (χ1n) is 7.50. The second kappa shape index (κ2) is 7.88. The first-order chi connectivity index (χ1) is 11.4. The zero-order chi connectivity index (χ0) is 17.7. The molecule has 128 valence electrons. The fourth-order valence-corrected chi connectivity index (χ4v) is 2.57. The first kappa shape index (κ1) is 17.9. The second-order valence-corrected chi connectivity index (χ2v) is 5.58. The summed E-state index contributed by atoms with van der Waals surface area (Å²) >= 11 is 0. The van der Waals surface area contributed by atoms with Crippen molar-refractivity contribution >= 4 is 12.0 Å². The van der Waals surface area contributed by atoms with Crippen molar-refractivity contribution in [2.45, 2.75) is 32.7 Å². The third-order valence-electron chi connectivity index (χ3n) is 3.47. The predicted octanol–water partition coefficient (Wildman–Crippen LogP) is 2.83. The maximum Gasteiger partial charge on any atom is 0.387 e. The zero-order valence-corrected chi connectivity index (χ0v) is 13.4. The number of carbonyl (C=O) groups excluding carboxylic acids is 1. The Hall–Kier alpha value is -2.46. The molecule has 2 rings (SSSR count). The summed E-state index contributed by atoms with van der Waals surface area (Å²) in [6.07, 6.45) is 1.24. The molecule has 5 nitrogen and oxygen atoms in total. The van der Waals surface area contributed by atoms with Gasteiger partial charge in [-0.05, 0) is 37.6 Å². The van der Waals surface area contributed by atoms with Gasteiger partial charge in [0.25, 0.3) is 5.91 Å². The predicted molar refractivity (Wildman–Crippen MR) is 83.3 cm³/mol. The molecule has 1 heterocycles. The highest BCUT2D eigenvalue weighted by atomic mass is 19.3. The molecule has 24 heavy (non-hydrogen) atoms. The van der Waals surface area contributed by atoms with Crippen molar-refractivity contribution in [2.75, 3.05) is 13.1 Å². The Labute approximate surface area is 139 Å². The van der Waals surface area contributed by atoms with E-state index in [1.165, 1.54) is 30.3 Å². The number of hydrogen-bond acceptors (Lipinski definition) is 4. The van der Waals surface area contributed by atoms with Gasteiger partial charge in [0.05, 0.1) is 12.2 Å². The van der Waals surface area contributed by atoms with E-state index in [2.05, 4.69) is 4.74 Å². The molecule has 0 aliphatic carbocycles. The van der Waals surface area contributed by atoms with Gasteiger partial charge in [-0.3, -0.25) is 4.79 Å². The SMILES string of the molecule is CC1CN(C(=O)/C(C#N)=C/c2ccc(OC(F)F)cc2)CC(C)O1. The molecule has 1 aliphatic rings. The quantitative estimate of drug-likeness (QED) is 0.626. The van der Waals surface area contributed by atoms with E-state index in [1.54, 1.807) is 4.90 Å². The molecule has 1 fully saturated rings. The van der Waals surface area contributed by atoms with Crippen LogP contribution < -0.4 is 4.74 Å². The summed E-state index contributed by atoms with van der Waals surface area (Å²) in [6.45, 7) is 1.68. The highest BCUT2D eigenvalue weighted by molar-refractivity contribution is 6.01. The minimum absolute atomic E-state index is 0.0150. The molecular weight excluding hydrogens is 318 g/mol. The monoisotopic (exact) mass is 336 g/mol. The van der Waals surface area contributed by atoms with Gasteiger partial charge in [-0.15, -0.1) is 0 Å². The van der Waals surface area contributed by atoms with Crippen LogP contribution in [0.2, 0.25) is 0 Å². The van der Waals surface area contributed by atoms with Crippen LogP contribution in [0.25, 0.3) is 6.08 Å². The Morgan fingerprint density at radius 3 is 2.42 bits per heavy atom. The van der Waals surface area contributed by atoms with Crippen LogP contribution in [0.5, 0.6) is 5.75 Å². The van der Waals surface area contributed by atoms with Gasteiger partial charge in [-0.2, -0.15) is 14.0 Å². The fourth-order valence-electron chi connectivity index (χ4n) is 2.57. The summed E-state index contributed by atoms with van der Waals surface area (Å²) in [5, 5.41) is 9.27. The number of nitriles is 1. The van der Waals surface area contributed by atoms with E-state index in [-0.39, 0.29) is 29.4 Å². The van der Waals surface area contributed by atoms with E-state index in [4.69, 9.17) is 4.74 Å². The van der Waals surface area contributed by atoms with Crippen molar-refractivity contribution in [1.82, 2.24) is 4.90 Å². The summed E-state index contributed by atoms with van der Waals surface area (Å²) in [4.78, 5) is 14.1. The Morgan fingerprint density at radius 1 is 1.33 bits per heavy atom. The Morgan fingerprint density at radius 2 is 1.92 bits per heavy atom. The number of morpholine rings is 1. The van der Waals surface area contributed by atoms with Crippen molar-refractivity contribution in [1.29, 1.82) is 5.26 Å². The number of rotatable bonds is 4. The number of hydrogen-bond donors (Lipinski definition) is 0. The van der Waals surface area contributed by atoms with Crippen LogP contribution >= 0.6 is 0 Å². The van der Waals surface area contributed by atoms with Gasteiger partial charge in [0, 0.05) is 13.1 Å². The van der Waals surface area contributed by atoms with Crippen molar-refractivity contribution < 1.29 is 23.0 Å². The van der Waals surface area contributed by atoms with Crippen molar-refractivity contribution in [3.05, 3.63) is 35.4 Å². The van der Waals surface area contributed by atoms with Crippen LogP contribution in [0.3, 0.4) is 0 Å². The molecule has 1 amide bonds. The summed E-state index contributed by atoms with van der Waals surface area (Å²) in [6, 6.07) is 7.63. The van der Waals surface area contributed by atoms with Crippen molar-refractivity contribution in [2.24, 2.45) is 0 Å². The lowest BCUT2D eigenvalue weighted by molar-refractivity contribution is -0.138. The number of ether oxygens (including phenoxy) is 2. The normalized spacial score (nSPS) is 21.5. The summed E-state index contributed by atoms with van der Waals surface area (Å²) in [5.41, 5.74) is 0.537. The van der Waals surface area contributed by atoms with Crippen LogP contribution in [0, 0.1) is 11.3 Å². The van der Waals surface area contributed by atoms with Gasteiger partial charge in [0.2, 0.25) is 0 Å². The maximum absolute atomic E-state index is 12.5. The van der Waals surface area contributed by atoms with Crippen LogP contribution in [0.15, 0.2) is 29.8 Å². The van der Waals surface area contributed by atoms with E-state index < -0.39 is 6.61 Å². The van der Waals surface area contributed by atoms with E-state index >= 15 is 0 Å². The second-order valence-electron chi connectivity index (χ2n) is 5.58. The van der Waals surface area contributed by atoms with Crippen LogP contribution in [-0.2, 0) is 9.53 Å². The Bertz CT molecular complexity index is 643. The van der Waals surface area contributed by atoms with Gasteiger partial charge in [-0.1, -0.05) is 12.1 Å². The minimum Gasteiger partial charge on any atom is -0.435 e. The van der Waals surface area contributed by atoms with E-state index in [0.29, 0.717) is 18.7 Å². The number of halogens is 2. The third-order valence-corrected chi connectivity index (χ3v) is 3.47.